The predicted molar refractivity (Wildman–Crippen MR) is 77.6 cm³/mol. The smallest absolute Gasteiger partial charge is 0.224 e. The third-order valence-electron chi connectivity index (χ3n) is 3.38. The van der Waals surface area contributed by atoms with Gasteiger partial charge in [0.2, 0.25) is 5.91 Å². The summed E-state index contributed by atoms with van der Waals surface area (Å²) in [7, 11) is 0. The lowest BCUT2D eigenvalue weighted by Gasteiger charge is -2.22. The van der Waals surface area contributed by atoms with Crippen molar-refractivity contribution in [1.29, 1.82) is 0 Å². The Morgan fingerprint density at radius 2 is 2.37 bits per heavy atom. The number of rotatable bonds is 4. The van der Waals surface area contributed by atoms with Crippen LogP contribution in [0.25, 0.3) is 0 Å². The molecular weight excluding hydrogens is 311 g/mol. The second kappa shape index (κ2) is 7.01. The van der Waals surface area contributed by atoms with E-state index in [4.69, 9.17) is 0 Å². The minimum Gasteiger partial charge on any atom is -0.325 e. The zero-order valence-electron chi connectivity index (χ0n) is 10.7. The Kier molecular flexibility index (Phi) is 5.34. The Labute approximate surface area is 121 Å². The van der Waals surface area contributed by atoms with Crippen LogP contribution < -0.4 is 10.6 Å². The number of hydrogen-bond acceptors (Lipinski definition) is 2. The average molecular weight is 329 g/mol. The lowest BCUT2D eigenvalue weighted by Crippen LogP contribution is -2.30. The van der Waals surface area contributed by atoms with Crippen LogP contribution >= 0.6 is 15.9 Å². The van der Waals surface area contributed by atoms with Crippen molar-refractivity contribution in [3.63, 3.8) is 0 Å². The number of nitrogens with one attached hydrogen (secondary N) is 2. The van der Waals surface area contributed by atoms with Gasteiger partial charge in [0.05, 0.1) is 5.69 Å². The largest absolute Gasteiger partial charge is 0.325 e. The molecule has 5 heteroatoms. The Bertz CT molecular complexity index is 447. The Hall–Kier alpha value is -0.940. The van der Waals surface area contributed by atoms with E-state index in [0.29, 0.717) is 22.5 Å². The predicted octanol–water partition coefficient (Wildman–Crippen LogP) is 3.31. The molecule has 0 radical (unpaired) electrons. The van der Waals surface area contributed by atoms with Crippen LogP contribution in [0, 0.1) is 11.7 Å². The molecule has 1 aromatic rings. The summed E-state index contributed by atoms with van der Waals surface area (Å²) in [5.74, 6) is 0.169. The van der Waals surface area contributed by atoms with Gasteiger partial charge >= 0.3 is 0 Å². The lowest BCUT2D eigenvalue weighted by molar-refractivity contribution is -0.116. The highest BCUT2D eigenvalue weighted by molar-refractivity contribution is 9.10. The Balaban J connectivity index is 1.81. The summed E-state index contributed by atoms with van der Waals surface area (Å²) in [5, 5.41) is 6.08. The van der Waals surface area contributed by atoms with Crippen molar-refractivity contribution < 1.29 is 9.18 Å². The van der Waals surface area contributed by atoms with Crippen LogP contribution in [0.1, 0.15) is 25.7 Å². The number of piperidine rings is 1. The Morgan fingerprint density at radius 3 is 3.11 bits per heavy atom. The molecule has 0 spiro atoms. The quantitative estimate of drug-likeness (QED) is 0.890. The molecule has 2 rings (SSSR count). The van der Waals surface area contributed by atoms with E-state index in [1.54, 1.807) is 6.07 Å². The standard InChI is InChI=1S/C14H18BrFN2O/c15-12-5-4-11(16)8-13(12)18-14(19)6-3-10-2-1-7-17-9-10/h4-5,8,10,17H,1-3,6-7,9H2,(H,18,19). The highest BCUT2D eigenvalue weighted by Gasteiger charge is 2.15. The SMILES string of the molecule is O=C(CCC1CCCNC1)Nc1cc(F)ccc1Br. The van der Waals surface area contributed by atoms with Gasteiger partial charge in [-0.05, 0) is 72.4 Å². The van der Waals surface area contributed by atoms with Gasteiger partial charge in [-0.2, -0.15) is 0 Å². The van der Waals surface area contributed by atoms with E-state index in [1.165, 1.54) is 25.0 Å². The molecule has 0 saturated carbocycles. The van der Waals surface area contributed by atoms with Crippen LogP contribution in [0.15, 0.2) is 22.7 Å². The summed E-state index contributed by atoms with van der Waals surface area (Å²) < 4.78 is 13.8. The molecule has 19 heavy (non-hydrogen) atoms. The lowest BCUT2D eigenvalue weighted by atomic mass is 9.94. The van der Waals surface area contributed by atoms with E-state index in [-0.39, 0.29) is 11.7 Å². The minimum absolute atomic E-state index is 0.0585. The molecule has 0 aromatic heterocycles. The normalized spacial score (nSPS) is 19.2. The molecule has 3 nitrogen and oxygen atoms in total. The van der Waals surface area contributed by atoms with Crippen molar-refractivity contribution in [3.8, 4) is 0 Å². The van der Waals surface area contributed by atoms with Gasteiger partial charge in [-0.3, -0.25) is 4.79 Å². The third-order valence-corrected chi connectivity index (χ3v) is 4.07. The maximum absolute atomic E-state index is 13.1. The first-order chi connectivity index (χ1) is 9.15. The first-order valence-electron chi connectivity index (χ1n) is 6.61. The molecule has 104 valence electrons. The van der Waals surface area contributed by atoms with E-state index in [9.17, 15) is 9.18 Å². The molecular formula is C14H18BrFN2O. The maximum Gasteiger partial charge on any atom is 0.224 e. The third kappa shape index (κ3) is 4.58. The fourth-order valence-corrected chi connectivity index (χ4v) is 2.66. The first-order valence-corrected chi connectivity index (χ1v) is 7.40. The van der Waals surface area contributed by atoms with Crippen molar-refractivity contribution in [2.75, 3.05) is 18.4 Å². The van der Waals surface area contributed by atoms with E-state index in [1.807, 2.05) is 0 Å². The van der Waals surface area contributed by atoms with Gasteiger partial charge in [0.25, 0.3) is 0 Å². The number of amides is 1. The topological polar surface area (TPSA) is 41.1 Å². The van der Waals surface area contributed by atoms with Crippen molar-refractivity contribution in [2.24, 2.45) is 5.92 Å². The van der Waals surface area contributed by atoms with E-state index in [0.717, 1.165) is 19.5 Å². The number of carbonyl (C=O) groups is 1. The van der Waals surface area contributed by atoms with Gasteiger partial charge < -0.3 is 10.6 Å². The number of benzene rings is 1. The van der Waals surface area contributed by atoms with E-state index < -0.39 is 0 Å². The number of anilines is 1. The van der Waals surface area contributed by atoms with E-state index in [2.05, 4.69) is 26.6 Å². The maximum atomic E-state index is 13.1. The van der Waals surface area contributed by atoms with Crippen LogP contribution in [0.3, 0.4) is 0 Å². The fourth-order valence-electron chi connectivity index (χ4n) is 2.31. The van der Waals surface area contributed by atoms with Crippen LogP contribution in [0.2, 0.25) is 0 Å². The molecule has 1 unspecified atom stereocenters. The monoisotopic (exact) mass is 328 g/mol. The second-order valence-corrected chi connectivity index (χ2v) is 5.78. The Morgan fingerprint density at radius 1 is 1.53 bits per heavy atom. The van der Waals surface area contributed by atoms with Crippen LogP contribution in [-0.2, 0) is 4.79 Å². The molecule has 1 aliphatic heterocycles. The average Bonchev–Trinajstić information content (AvgIpc) is 2.42. The highest BCUT2D eigenvalue weighted by atomic mass is 79.9. The summed E-state index contributed by atoms with van der Waals surface area (Å²) in [6.45, 7) is 2.08. The molecule has 2 N–H and O–H groups in total. The number of hydrogen-bond donors (Lipinski definition) is 2. The summed E-state index contributed by atoms with van der Waals surface area (Å²) in [6.07, 6.45) is 3.73. The first kappa shape index (κ1) is 14.5. The zero-order chi connectivity index (χ0) is 13.7. The van der Waals surface area contributed by atoms with Gasteiger partial charge in [0, 0.05) is 10.9 Å². The molecule has 1 amide bonds. The van der Waals surface area contributed by atoms with Crippen molar-refractivity contribution in [3.05, 3.63) is 28.5 Å². The van der Waals surface area contributed by atoms with Crippen molar-refractivity contribution >= 4 is 27.5 Å². The van der Waals surface area contributed by atoms with Gasteiger partial charge in [0.15, 0.2) is 0 Å². The zero-order valence-corrected chi connectivity index (χ0v) is 12.3. The van der Waals surface area contributed by atoms with Crippen LogP contribution in [0.4, 0.5) is 10.1 Å². The number of halogens is 2. The summed E-state index contributed by atoms with van der Waals surface area (Å²) in [4.78, 5) is 11.8. The van der Waals surface area contributed by atoms with Gasteiger partial charge in [0.1, 0.15) is 5.82 Å². The van der Waals surface area contributed by atoms with Crippen LogP contribution in [0.5, 0.6) is 0 Å². The summed E-state index contributed by atoms with van der Waals surface area (Å²) >= 11 is 3.30. The molecule has 0 aliphatic carbocycles. The minimum atomic E-state index is -0.352. The van der Waals surface area contributed by atoms with E-state index >= 15 is 0 Å². The second-order valence-electron chi connectivity index (χ2n) is 4.92. The van der Waals surface area contributed by atoms with Crippen molar-refractivity contribution in [1.82, 2.24) is 5.32 Å². The molecule has 1 heterocycles. The van der Waals surface area contributed by atoms with Gasteiger partial charge in [-0.1, -0.05) is 0 Å². The van der Waals surface area contributed by atoms with Crippen molar-refractivity contribution in [2.45, 2.75) is 25.7 Å². The summed E-state index contributed by atoms with van der Waals surface area (Å²) in [6, 6.07) is 4.27. The molecule has 1 aromatic carbocycles. The molecule has 1 saturated heterocycles. The highest BCUT2D eigenvalue weighted by Crippen LogP contribution is 2.23. The molecule has 1 fully saturated rings. The van der Waals surface area contributed by atoms with Gasteiger partial charge in [-0.25, -0.2) is 4.39 Å². The number of carbonyl (C=O) groups excluding carboxylic acids is 1. The van der Waals surface area contributed by atoms with Gasteiger partial charge in [-0.15, -0.1) is 0 Å². The summed E-state index contributed by atoms with van der Waals surface area (Å²) in [5.41, 5.74) is 0.492. The molecule has 1 aliphatic rings. The molecule has 0 bridgehead atoms. The van der Waals surface area contributed by atoms with Crippen LogP contribution in [-0.4, -0.2) is 19.0 Å². The molecule has 1 atom stereocenters. The fraction of sp³-hybridized carbons (Fsp3) is 0.500.